The fraction of sp³-hybridized carbons (Fsp3) is 0.500. The highest BCUT2D eigenvalue weighted by molar-refractivity contribution is 7.99. The first kappa shape index (κ1) is 9.05. The van der Waals surface area contributed by atoms with Crippen LogP contribution < -0.4 is 11.5 Å². The summed E-state index contributed by atoms with van der Waals surface area (Å²) in [5.41, 5.74) is 10.8. The predicted molar refractivity (Wildman–Crippen MR) is 49.7 cm³/mol. The molecule has 0 unspecified atom stereocenters. The highest BCUT2D eigenvalue weighted by Crippen LogP contribution is 2.14. The monoisotopic (exact) mass is 185 g/mol. The smallest absolute Gasteiger partial charge is 0.225 e. The summed E-state index contributed by atoms with van der Waals surface area (Å²) >= 11 is 1.53. The van der Waals surface area contributed by atoms with E-state index in [1.807, 2.05) is 0 Å². The van der Waals surface area contributed by atoms with Gasteiger partial charge >= 0.3 is 0 Å². The molecule has 12 heavy (non-hydrogen) atoms. The van der Waals surface area contributed by atoms with Gasteiger partial charge in [0.1, 0.15) is 0 Å². The van der Waals surface area contributed by atoms with Gasteiger partial charge in [0, 0.05) is 5.75 Å². The molecule has 5 nitrogen and oxygen atoms in total. The average Bonchev–Trinajstić information content (AvgIpc) is 1.99. The molecule has 4 N–H and O–H groups in total. The molecule has 0 aromatic carbocycles. The summed E-state index contributed by atoms with van der Waals surface area (Å²) in [5.74, 6) is 1.32. The Morgan fingerprint density at radius 3 is 2.25 bits per heavy atom. The highest BCUT2D eigenvalue weighted by atomic mass is 32.2. The summed E-state index contributed by atoms with van der Waals surface area (Å²) in [6.45, 7) is 2.08. The Bertz CT molecular complexity index is 244. The van der Waals surface area contributed by atoms with Crippen LogP contribution in [0.25, 0.3) is 0 Å². The van der Waals surface area contributed by atoms with Gasteiger partial charge in [-0.2, -0.15) is 15.0 Å². The molecule has 0 atom stereocenters. The number of hydrogen-bond donors (Lipinski definition) is 2. The lowest BCUT2D eigenvalue weighted by molar-refractivity contribution is 0.926. The molecule has 0 radical (unpaired) electrons. The van der Waals surface area contributed by atoms with E-state index in [0.29, 0.717) is 5.16 Å². The molecule has 0 bridgehead atoms. The summed E-state index contributed by atoms with van der Waals surface area (Å²) in [4.78, 5) is 11.5. The summed E-state index contributed by atoms with van der Waals surface area (Å²) in [6.07, 6.45) is 1.07. The SMILES string of the molecule is CCCSc1nc(N)nc(N)n1. The maximum atomic E-state index is 5.38. The lowest BCUT2D eigenvalue weighted by atomic mass is 10.6. The maximum Gasteiger partial charge on any atom is 0.225 e. The van der Waals surface area contributed by atoms with E-state index in [9.17, 15) is 0 Å². The van der Waals surface area contributed by atoms with Gasteiger partial charge in [-0.1, -0.05) is 18.7 Å². The third-order valence-corrected chi connectivity index (χ3v) is 2.14. The van der Waals surface area contributed by atoms with Gasteiger partial charge in [-0.25, -0.2) is 0 Å². The van der Waals surface area contributed by atoms with Crippen LogP contribution in [0.4, 0.5) is 11.9 Å². The molecule has 0 aliphatic heterocycles. The van der Waals surface area contributed by atoms with Crippen LogP contribution in [0.2, 0.25) is 0 Å². The number of nitrogen functional groups attached to an aromatic ring is 2. The Kier molecular flexibility index (Phi) is 3.09. The first-order valence-corrected chi connectivity index (χ1v) is 4.60. The number of anilines is 2. The highest BCUT2D eigenvalue weighted by Gasteiger charge is 2.00. The Morgan fingerprint density at radius 2 is 1.75 bits per heavy atom. The van der Waals surface area contributed by atoms with Crippen molar-refractivity contribution in [1.82, 2.24) is 15.0 Å². The fourth-order valence-electron chi connectivity index (χ4n) is 0.646. The predicted octanol–water partition coefficient (Wildman–Crippen LogP) is 0.538. The van der Waals surface area contributed by atoms with E-state index in [4.69, 9.17) is 11.5 Å². The summed E-state index contributed by atoms with van der Waals surface area (Å²) in [7, 11) is 0. The standard InChI is InChI=1S/C6H11N5S/c1-2-3-12-6-10-4(7)9-5(8)11-6/h2-3H2,1H3,(H4,7,8,9,10,11). The lowest BCUT2D eigenvalue weighted by Gasteiger charge is -1.99. The molecular weight excluding hydrogens is 174 g/mol. The average molecular weight is 185 g/mol. The van der Waals surface area contributed by atoms with Crippen molar-refractivity contribution in [2.75, 3.05) is 17.2 Å². The second kappa shape index (κ2) is 4.10. The Hall–Kier alpha value is -1.04. The quantitative estimate of drug-likeness (QED) is 0.668. The molecule has 0 amide bonds. The molecule has 0 saturated carbocycles. The van der Waals surface area contributed by atoms with Crippen LogP contribution in [0.15, 0.2) is 5.16 Å². The molecule has 0 aliphatic rings. The van der Waals surface area contributed by atoms with Crippen LogP contribution in [-0.4, -0.2) is 20.7 Å². The molecular formula is C6H11N5S. The first-order chi connectivity index (χ1) is 5.72. The molecule has 0 fully saturated rings. The maximum absolute atomic E-state index is 5.38. The van der Waals surface area contributed by atoms with Gasteiger partial charge in [0.25, 0.3) is 0 Å². The van der Waals surface area contributed by atoms with Crippen LogP contribution in [0.1, 0.15) is 13.3 Å². The minimum atomic E-state index is 0.182. The Labute approximate surface area is 75.0 Å². The van der Waals surface area contributed by atoms with Gasteiger partial charge in [-0.15, -0.1) is 0 Å². The summed E-state index contributed by atoms with van der Waals surface area (Å²) in [6, 6.07) is 0. The van der Waals surface area contributed by atoms with Crippen LogP contribution in [0, 0.1) is 0 Å². The van der Waals surface area contributed by atoms with Crippen LogP contribution in [0.5, 0.6) is 0 Å². The van der Waals surface area contributed by atoms with Crippen molar-refractivity contribution in [1.29, 1.82) is 0 Å². The molecule has 0 spiro atoms. The van der Waals surface area contributed by atoms with Gasteiger partial charge in [-0.05, 0) is 6.42 Å². The van der Waals surface area contributed by atoms with Gasteiger partial charge < -0.3 is 11.5 Å². The third kappa shape index (κ3) is 2.54. The van der Waals surface area contributed by atoms with Gasteiger partial charge in [0.15, 0.2) is 5.16 Å². The summed E-state index contributed by atoms with van der Waals surface area (Å²) in [5, 5.41) is 0.599. The molecule has 0 aliphatic carbocycles. The van der Waals surface area contributed by atoms with Crippen molar-refractivity contribution < 1.29 is 0 Å². The van der Waals surface area contributed by atoms with Crippen molar-refractivity contribution in [2.24, 2.45) is 0 Å². The van der Waals surface area contributed by atoms with Gasteiger partial charge in [-0.3, -0.25) is 0 Å². The lowest BCUT2D eigenvalue weighted by Crippen LogP contribution is -2.03. The topological polar surface area (TPSA) is 90.7 Å². The normalized spacial score (nSPS) is 10.1. The second-order valence-corrected chi connectivity index (χ2v) is 3.24. The van der Waals surface area contributed by atoms with E-state index in [2.05, 4.69) is 21.9 Å². The Morgan fingerprint density at radius 1 is 1.17 bits per heavy atom. The van der Waals surface area contributed by atoms with E-state index >= 15 is 0 Å². The molecule has 1 aromatic rings. The van der Waals surface area contributed by atoms with E-state index < -0.39 is 0 Å². The first-order valence-electron chi connectivity index (χ1n) is 3.62. The number of rotatable bonds is 3. The second-order valence-electron chi connectivity index (χ2n) is 2.18. The van der Waals surface area contributed by atoms with Crippen molar-refractivity contribution in [3.8, 4) is 0 Å². The van der Waals surface area contributed by atoms with Gasteiger partial charge in [0.05, 0.1) is 0 Å². The number of nitrogens with zero attached hydrogens (tertiary/aromatic N) is 3. The largest absolute Gasteiger partial charge is 0.368 e. The zero-order valence-corrected chi connectivity index (χ0v) is 7.64. The molecule has 66 valence electrons. The Balaban J connectivity index is 2.72. The fourth-order valence-corrected chi connectivity index (χ4v) is 1.35. The molecule has 1 heterocycles. The van der Waals surface area contributed by atoms with Crippen molar-refractivity contribution in [2.45, 2.75) is 18.5 Å². The van der Waals surface area contributed by atoms with Crippen molar-refractivity contribution in [3.63, 3.8) is 0 Å². The minimum Gasteiger partial charge on any atom is -0.368 e. The molecule has 0 saturated heterocycles. The van der Waals surface area contributed by atoms with E-state index in [0.717, 1.165) is 12.2 Å². The minimum absolute atomic E-state index is 0.182. The van der Waals surface area contributed by atoms with Crippen molar-refractivity contribution in [3.05, 3.63) is 0 Å². The zero-order valence-electron chi connectivity index (χ0n) is 6.82. The van der Waals surface area contributed by atoms with Gasteiger partial charge in [0.2, 0.25) is 11.9 Å². The zero-order chi connectivity index (χ0) is 8.97. The summed E-state index contributed by atoms with van der Waals surface area (Å²) < 4.78 is 0. The van der Waals surface area contributed by atoms with Crippen molar-refractivity contribution >= 4 is 23.7 Å². The molecule has 1 aromatic heterocycles. The number of hydrogen-bond acceptors (Lipinski definition) is 6. The number of aromatic nitrogens is 3. The third-order valence-electron chi connectivity index (χ3n) is 1.08. The molecule has 1 rings (SSSR count). The van der Waals surface area contributed by atoms with Crippen LogP contribution >= 0.6 is 11.8 Å². The van der Waals surface area contributed by atoms with Crippen LogP contribution in [-0.2, 0) is 0 Å². The van der Waals surface area contributed by atoms with E-state index in [1.165, 1.54) is 11.8 Å². The number of nitrogens with two attached hydrogens (primary N) is 2. The molecule has 6 heteroatoms. The van der Waals surface area contributed by atoms with E-state index in [-0.39, 0.29) is 11.9 Å². The van der Waals surface area contributed by atoms with E-state index in [1.54, 1.807) is 0 Å². The number of thioether (sulfide) groups is 1. The van der Waals surface area contributed by atoms with Crippen LogP contribution in [0.3, 0.4) is 0 Å².